The number of carbonyl (C=O) groups excluding carboxylic acids is 2. The quantitative estimate of drug-likeness (QED) is 0.321. The number of anilines is 1. The lowest BCUT2D eigenvalue weighted by molar-refractivity contribution is -0.121. The van der Waals surface area contributed by atoms with E-state index < -0.39 is 0 Å². The molecule has 5 rings (SSSR count). The molecule has 2 heterocycles. The number of aromatic nitrogens is 2. The van der Waals surface area contributed by atoms with E-state index >= 15 is 0 Å². The van der Waals surface area contributed by atoms with Crippen molar-refractivity contribution in [2.75, 3.05) is 18.4 Å². The Labute approximate surface area is 228 Å². The van der Waals surface area contributed by atoms with Crippen LogP contribution < -0.4 is 10.6 Å². The molecule has 3 aromatic carbocycles. The lowest BCUT2D eigenvalue weighted by Gasteiger charge is -2.30. The van der Waals surface area contributed by atoms with Crippen LogP contribution in [-0.2, 0) is 11.3 Å². The van der Waals surface area contributed by atoms with E-state index in [4.69, 9.17) is 4.52 Å². The summed E-state index contributed by atoms with van der Waals surface area (Å²) in [4.78, 5) is 33.0. The van der Waals surface area contributed by atoms with Gasteiger partial charge in [-0.25, -0.2) is 0 Å². The number of hydrogen-bond donors (Lipinski definition) is 2. The molecule has 1 saturated heterocycles. The molecule has 0 radical (unpaired) electrons. The molecule has 2 N–H and O–H groups in total. The summed E-state index contributed by atoms with van der Waals surface area (Å²) in [6.45, 7) is 6.01. The molecular formula is C31H33N5O3. The summed E-state index contributed by atoms with van der Waals surface area (Å²) >= 11 is 0. The van der Waals surface area contributed by atoms with Crippen molar-refractivity contribution in [3.05, 3.63) is 101 Å². The third-order valence-corrected chi connectivity index (χ3v) is 7.25. The van der Waals surface area contributed by atoms with Gasteiger partial charge in [-0.1, -0.05) is 71.9 Å². The predicted octanol–water partition coefficient (Wildman–Crippen LogP) is 5.39. The van der Waals surface area contributed by atoms with Gasteiger partial charge in [0.2, 0.25) is 17.6 Å². The topological polar surface area (TPSA) is 100 Å². The van der Waals surface area contributed by atoms with Crippen molar-refractivity contribution in [1.82, 2.24) is 20.4 Å². The Kier molecular flexibility index (Phi) is 8.13. The number of benzene rings is 3. The first kappa shape index (κ1) is 26.3. The van der Waals surface area contributed by atoms with Crippen LogP contribution in [0.5, 0.6) is 0 Å². The lowest BCUT2D eigenvalue weighted by atomic mass is 9.95. The molecule has 8 nitrogen and oxygen atoms in total. The minimum Gasteiger partial charge on any atom is -0.345 e. The second kappa shape index (κ2) is 12.0. The fourth-order valence-electron chi connectivity index (χ4n) is 4.92. The minimum atomic E-state index is -0.221. The fourth-order valence-corrected chi connectivity index (χ4v) is 4.92. The molecule has 0 saturated carbocycles. The Hall–Kier alpha value is -4.30. The highest BCUT2D eigenvalue weighted by molar-refractivity contribution is 6.04. The average molecular weight is 524 g/mol. The van der Waals surface area contributed by atoms with Gasteiger partial charge in [-0.15, -0.1) is 0 Å². The molecule has 4 aromatic rings. The van der Waals surface area contributed by atoms with Gasteiger partial charge in [0.15, 0.2) is 0 Å². The molecule has 8 heteroatoms. The van der Waals surface area contributed by atoms with Gasteiger partial charge >= 0.3 is 0 Å². The number of para-hydroxylation sites is 1. The Morgan fingerprint density at radius 3 is 2.44 bits per heavy atom. The maximum Gasteiger partial charge on any atom is 0.253 e. The summed E-state index contributed by atoms with van der Waals surface area (Å²) in [5.41, 5.74) is 4.06. The Balaban J connectivity index is 1.15. The highest BCUT2D eigenvalue weighted by Crippen LogP contribution is 2.24. The van der Waals surface area contributed by atoms with Gasteiger partial charge in [0.25, 0.3) is 5.91 Å². The molecule has 1 aliphatic heterocycles. The monoisotopic (exact) mass is 523 g/mol. The van der Waals surface area contributed by atoms with Crippen LogP contribution in [-0.4, -0.2) is 39.9 Å². The number of nitrogens with zero attached hydrogens (tertiary/aromatic N) is 3. The summed E-state index contributed by atoms with van der Waals surface area (Å²) in [5.74, 6) is 0.747. The number of hydrogen-bond acceptors (Lipinski definition) is 6. The standard InChI is InChI=1S/C31H33N5O3/c1-21-10-6-7-13-25(21)29-34-28(39-35-29)20-36-18-16-24(17-19-36)30(37)33-27-15-9-8-14-26(27)31(38)32-22(2)23-11-4-3-5-12-23/h3-15,22,24H,16-20H2,1-2H3,(H,32,38)(H,33,37). The number of likely N-dealkylation sites (tertiary alicyclic amines) is 1. The molecule has 1 aliphatic rings. The zero-order valence-corrected chi connectivity index (χ0v) is 22.3. The molecule has 39 heavy (non-hydrogen) atoms. The maximum absolute atomic E-state index is 13.1. The van der Waals surface area contributed by atoms with Gasteiger partial charge in [0.1, 0.15) is 0 Å². The maximum atomic E-state index is 13.1. The summed E-state index contributed by atoms with van der Waals surface area (Å²) < 4.78 is 5.50. The normalized spacial score (nSPS) is 15.0. The molecule has 0 bridgehead atoms. The van der Waals surface area contributed by atoms with Crippen molar-refractivity contribution in [2.45, 2.75) is 39.3 Å². The smallest absolute Gasteiger partial charge is 0.253 e. The van der Waals surface area contributed by atoms with Crippen LogP contribution in [0.3, 0.4) is 0 Å². The second-order valence-electron chi connectivity index (χ2n) is 10.0. The van der Waals surface area contributed by atoms with Crippen LogP contribution in [0.25, 0.3) is 11.4 Å². The van der Waals surface area contributed by atoms with E-state index in [1.807, 2.05) is 74.5 Å². The number of rotatable bonds is 8. The van der Waals surface area contributed by atoms with Crippen LogP contribution in [0.1, 0.15) is 53.2 Å². The van der Waals surface area contributed by atoms with E-state index in [0.29, 0.717) is 42.4 Å². The number of piperidine rings is 1. The van der Waals surface area contributed by atoms with Gasteiger partial charge < -0.3 is 15.2 Å². The highest BCUT2D eigenvalue weighted by atomic mass is 16.5. The van der Waals surface area contributed by atoms with E-state index in [0.717, 1.165) is 29.8 Å². The summed E-state index contributed by atoms with van der Waals surface area (Å²) in [6, 6.07) is 24.7. The van der Waals surface area contributed by atoms with Crippen molar-refractivity contribution in [3.8, 4) is 11.4 Å². The van der Waals surface area contributed by atoms with Crippen molar-refractivity contribution >= 4 is 17.5 Å². The summed E-state index contributed by atoms with van der Waals surface area (Å²) in [7, 11) is 0. The van der Waals surface area contributed by atoms with Crippen LogP contribution >= 0.6 is 0 Å². The fraction of sp³-hybridized carbons (Fsp3) is 0.290. The molecule has 1 unspecified atom stereocenters. The van der Waals surface area contributed by atoms with E-state index in [-0.39, 0.29) is 23.8 Å². The average Bonchev–Trinajstić information content (AvgIpc) is 3.42. The van der Waals surface area contributed by atoms with Gasteiger partial charge in [-0.2, -0.15) is 4.98 Å². The first-order chi connectivity index (χ1) is 19.0. The van der Waals surface area contributed by atoms with Crippen molar-refractivity contribution in [2.24, 2.45) is 5.92 Å². The van der Waals surface area contributed by atoms with Crippen LogP contribution in [0.2, 0.25) is 0 Å². The minimum absolute atomic E-state index is 0.0642. The molecule has 200 valence electrons. The number of carbonyl (C=O) groups is 2. The second-order valence-corrected chi connectivity index (χ2v) is 10.0. The number of amides is 2. The van der Waals surface area contributed by atoms with Gasteiger partial charge in [-0.3, -0.25) is 14.5 Å². The molecule has 0 aliphatic carbocycles. The number of nitrogens with one attached hydrogen (secondary N) is 2. The first-order valence-electron chi connectivity index (χ1n) is 13.3. The Morgan fingerprint density at radius 1 is 0.974 bits per heavy atom. The lowest BCUT2D eigenvalue weighted by Crippen LogP contribution is -2.38. The van der Waals surface area contributed by atoms with Crippen LogP contribution in [0.4, 0.5) is 5.69 Å². The molecule has 1 aromatic heterocycles. The predicted molar refractivity (Wildman–Crippen MR) is 150 cm³/mol. The van der Waals surface area contributed by atoms with Gasteiger partial charge in [-0.05, 0) is 63.0 Å². The molecule has 1 atom stereocenters. The van der Waals surface area contributed by atoms with Crippen LogP contribution in [0.15, 0.2) is 83.4 Å². The van der Waals surface area contributed by atoms with Crippen molar-refractivity contribution in [1.29, 1.82) is 0 Å². The Bertz CT molecular complexity index is 1430. The van der Waals surface area contributed by atoms with E-state index in [1.54, 1.807) is 18.2 Å². The number of aryl methyl sites for hydroxylation is 1. The SMILES string of the molecule is Cc1ccccc1-c1noc(CN2CCC(C(=O)Nc3ccccc3C(=O)NC(C)c3ccccc3)CC2)n1. The summed E-state index contributed by atoms with van der Waals surface area (Å²) in [6.07, 6.45) is 1.42. The van der Waals surface area contributed by atoms with E-state index in [9.17, 15) is 9.59 Å². The zero-order chi connectivity index (χ0) is 27.2. The molecule has 2 amide bonds. The van der Waals surface area contributed by atoms with Crippen molar-refractivity contribution < 1.29 is 14.1 Å². The van der Waals surface area contributed by atoms with E-state index in [2.05, 4.69) is 25.7 Å². The zero-order valence-electron chi connectivity index (χ0n) is 22.3. The van der Waals surface area contributed by atoms with E-state index in [1.165, 1.54) is 0 Å². The highest BCUT2D eigenvalue weighted by Gasteiger charge is 2.27. The third kappa shape index (κ3) is 6.41. The molecule has 0 spiro atoms. The molecular weight excluding hydrogens is 490 g/mol. The largest absolute Gasteiger partial charge is 0.345 e. The third-order valence-electron chi connectivity index (χ3n) is 7.25. The van der Waals surface area contributed by atoms with Crippen LogP contribution in [0, 0.1) is 12.8 Å². The Morgan fingerprint density at radius 2 is 1.67 bits per heavy atom. The molecule has 1 fully saturated rings. The van der Waals surface area contributed by atoms with Gasteiger partial charge in [0, 0.05) is 11.5 Å². The first-order valence-corrected chi connectivity index (χ1v) is 13.3. The van der Waals surface area contributed by atoms with Crippen molar-refractivity contribution in [3.63, 3.8) is 0 Å². The summed E-state index contributed by atoms with van der Waals surface area (Å²) in [5, 5.41) is 10.2. The van der Waals surface area contributed by atoms with Gasteiger partial charge in [0.05, 0.1) is 23.8 Å².